The number of nitrogens with zero attached hydrogens (tertiary/aromatic N) is 2. The first kappa shape index (κ1) is 8.08. The van der Waals surface area contributed by atoms with E-state index in [4.69, 9.17) is 10.9 Å². The molecule has 0 aliphatic carbocycles. The molecule has 0 saturated carbocycles. The molecule has 0 rings (SSSR count). The highest BCUT2D eigenvalue weighted by molar-refractivity contribution is 4.32. The second-order valence-corrected chi connectivity index (χ2v) is 1.22. The summed E-state index contributed by atoms with van der Waals surface area (Å²) >= 11 is 0. The molecule has 0 aromatic heterocycles. The van der Waals surface area contributed by atoms with Crippen LogP contribution in [0, 0.1) is 10.1 Å². The smallest absolute Gasteiger partial charge is 0.204 e. The molecule has 0 aromatic carbocycles. The summed E-state index contributed by atoms with van der Waals surface area (Å²) in [7, 11) is 0. The van der Waals surface area contributed by atoms with Gasteiger partial charge in [0, 0.05) is 13.1 Å². The van der Waals surface area contributed by atoms with E-state index in [-0.39, 0.29) is 18.4 Å². The Morgan fingerprint density at radius 2 is 2.44 bits per heavy atom. The second kappa shape index (κ2) is 4.01. The van der Waals surface area contributed by atoms with Crippen molar-refractivity contribution in [3.8, 4) is 0 Å². The summed E-state index contributed by atoms with van der Waals surface area (Å²) in [5.41, 5.74) is 6.95. The van der Waals surface area contributed by atoms with Crippen molar-refractivity contribution in [2.24, 2.45) is 5.73 Å². The number of nitrogens with one attached hydrogen (secondary N) is 1. The molecule has 7 nitrogen and oxygen atoms in total. The summed E-state index contributed by atoms with van der Waals surface area (Å²) in [4.78, 5) is 9.58. The molecule has 0 amide bonds. The van der Waals surface area contributed by atoms with Gasteiger partial charge < -0.3 is 5.73 Å². The average molecular weight is 136 g/mol. The fourth-order valence-corrected chi connectivity index (χ4v) is 0.222. The highest BCUT2D eigenvalue weighted by Crippen LogP contribution is 1.70. The Bertz CT molecular complexity index is 95.8. The van der Waals surface area contributed by atoms with Crippen molar-refractivity contribution in [1.82, 2.24) is 10.7 Å². The summed E-state index contributed by atoms with van der Waals surface area (Å²) in [5, 5.41) is 16.6. The van der Waals surface area contributed by atoms with Crippen molar-refractivity contribution in [1.29, 1.82) is 0 Å². The van der Waals surface area contributed by atoms with Crippen LogP contribution in [-0.2, 0) is 0 Å². The van der Waals surface area contributed by atoms with Gasteiger partial charge in [0.2, 0.25) is 5.03 Å². The predicted molar refractivity (Wildman–Crippen MR) is 27.7 cm³/mol. The van der Waals surface area contributed by atoms with Crippen molar-refractivity contribution in [3.63, 3.8) is 0 Å². The number of nitro groups is 1. The van der Waals surface area contributed by atoms with E-state index in [1.54, 1.807) is 0 Å². The minimum absolute atomic E-state index is 0.164. The molecule has 0 saturated heterocycles. The average Bonchev–Trinajstić information content (AvgIpc) is 1.82. The zero-order valence-corrected chi connectivity index (χ0v) is 4.65. The third kappa shape index (κ3) is 3.64. The molecule has 54 valence electrons. The first-order chi connectivity index (χ1) is 4.18. The molecule has 0 bridgehead atoms. The van der Waals surface area contributed by atoms with Crippen molar-refractivity contribution in [2.45, 2.75) is 0 Å². The van der Waals surface area contributed by atoms with Crippen LogP contribution in [0.15, 0.2) is 0 Å². The van der Waals surface area contributed by atoms with Gasteiger partial charge in [0.1, 0.15) is 0 Å². The maximum Gasteiger partial charge on any atom is 0.204 e. The van der Waals surface area contributed by atoms with Crippen LogP contribution < -0.4 is 11.2 Å². The number of hydrogen-bond donors (Lipinski definition) is 3. The topological polar surface area (TPSA) is 105 Å². The van der Waals surface area contributed by atoms with Crippen LogP contribution in [-0.4, -0.2) is 28.6 Å². The van der Waals surface area contributed by atoms with Crippen molar-refractivity contribution in [3.05, 3.63) is 10.1 Å². The molecule has 0 heterocycles. The Balaban J connectivity index is 3.27. The van der Waals surface area contributed by atoms with Crippen LogP contribution in [0.5, 0.6) is 0 Å². The lowest BCUT2D eigenvalue weighted by Gasteiger charge is -2.03. The number of rotatable bonds is 4. The molecule has 0 aromatic rings. The number of nitrogens with two attached hydrogens (primary N) is 1. The van der Waals surface area contributed by atoms with Gasteiger partial charge in [-0.15, -0.1) is 0 Å². The van der Waals surface area contributed by atoms with Gasteiger partial charge >= 0.3 is 0 Å². The fraction of sp³-hybridized carbons (Fsp3) is 1.00. The van der Waals surface area contributed by atoms with E-state index in [0.717, 1.165) is 0 Å². The summed E-state index contributed by atoms with van der Waals surface area (Å²) < 4.78 is 0. The van der Waals surface area contributed by atoms with Gasteiger partial charge in [-0.1, -0.05) is 0 Å². The first-order valence-electron chi connectivity index (χ1n) is 2.25. The maximum atomic E-state index is 9.58. The Kier molecular flexibility index (Phi) is 3.60. The quantitative estimate of drug-likeness (QED) is 0.315. The molecule has 0 aliphatic heterocycles. The van der Waals surface area contributed by atoms with Gasteiger partial charge in [-0.2, -0.15) is 5.43 Å². The Labute approximate surface area is 51.1 Å². The molecule has 4 N–H and O–H groups in total. The highest BCUT2D eigenvalue weighted by atomic mass is 16.8. The number of hydrogen-bond acceptors (Lipinski definition) is 5. The van der Waals surface area contributed by atoms with Gasteiger partial charge in [0.25, 0.3) is 0 Å². The van der Waals surface area contributed by atoms with Gasteiger partial charge in [-0.05, 0) is 0 Å². The second-order valence-electron chi connectivity index (χ2n) is 1.22. The molecule has 0 fully saturated rings. The van der Waals surface area contributed by atoms with Crippen LogP contribution in [0.2, 0.25) is 0 Å². The molecule has 0 unspecified atom stereocenters. The van der Waals surface area contributed by atoms with Gasteiger partial charge in [0.15, 0.2) is 0 Å². The van der Waals surface area contributed by atoms with Gasteiger partial charge in [0.05, 0.1) is 5.28 Å². The molecule has 0 atom stereocenters. The summed E-state index contributed by atoms with van der Waals surface area (Å²) in [6, 6.07) is 0. The van der Waals surface area contributed by atoms with Crippen molar-refractivity contribution < 1.29 is 10.2 Å². The van der Waals surface area contributed by atoms with E-state index in [2.05, 4.69) is 0 Å². The van der Waals surface area contributed by atoms with E-state index in [1.165, 1.54) is 0 Å². The fourth-order valence-electron chi connectivity index (χ4n) is 0.222. The lowest BCUT2D eigenvalue weighted by molar-refractivity contribution is -0.744. The lowest BCUT2D eigenvalue weighted by atomic mass is 10.7. The molecular weight excluding hydrogens is 128 g/mol. The monoisotopic (exact) mass is 136 g/mol. The van der Waals surface area contributed by atoms with Crippen LogP contribution in [0.3, 0.4) is 0 Å². The van der Waals surface area contributed by atoms with Crippen molar-refractivity contribution in [2.75, 3.05) is 13.1 Å². The van der Waals surface area contributed by atoms with Gasteiger partial charge in [-0.3, -0.25) is 0 Å². The Hall–Kier alpha value is -0.920. The third-order valence-corrected chi connectivity index (χ3v) is 0.552. The van der Waals surface area contributed by atoms with Crippen LogP contribution in [0.1, 0.15) is 0 Å². The van der Waals surface area contributed by atoms with Crippen molar-refractivity contribution >= 4 is 0 Å². The molecule has 7 heteroatoms. The standard InChI is InChI=1S/C2H8N4O3/c3-1-2-4-5(7)6(8)9/h4,7H,1-3H2. The van der Waals surface area contributed by atoms with Crippen LogP contribution >= 0.6 is 0 Å². The predicted octanol–water partition coefficient (Wildman–Crippen LogP) is -1.67. The van der Waals surface area contributed by atoms with E-state index in [0.29, 0.717) is 0 Å². The Morgan fingerprint density at radius 3 is 2.78 bits per heavy atom. The third-order valence-electron chi connectivity index (χ3n) is 0.552. The molecule has 0 spiro atoms. The maximum absolute atomic E-state index is 9.58. The lowest BCUT2D eigenvalue weighted by Crippen LogP contribution is -2.42. The molecule has 0 radical (unpaired) electrons. The van der Waals surface area contributed by atoms with Crippen LogP contribution in [0.4, 0.5) is 0 Å². The van der Waals surface area contributed by atoms with E-state index in [9.17, 15) is 10.1 Å². The first-order valence-corrected chi connectivity index (χ1v) is 2.25. The minimum Gasteiger partial charge on any atom is -0.329 e. The molecular formula is C2H8N4O3. The summed E-state index contributed by atoms with van der Waals surface area (Å²) in [6.45, 7) is 0.391. The normalized spacial score (nSPS) is 9.11. The zero-order chi connectivity index (χ0) is 7.28. The zero-order valence-electron chi connectivity index (χ0n) is 4.65. The van der Waals surface area contributed by atoms with Gasteiger partial charge in [-0.25, -0.2) is 15.3 Å². The number of hydrazine groups is 2. The van der Waals surface area contributed by atoms with Crippen LogP contribution in [0.25, 0.3) is 0 Å². The minimum atomic E-state index is -1.00. The largest absolute Gasteiger partial charge is 0.329 e. The SMILES string of the molecule is NCCNN(O)[N+](=O)[O-]. The van der Waals surface area contributed by atoms with E-state index in [1.807, 2.05) is 5.43 Å². The molecule has 0 aliphatic rings. The van der Waals surface area contributed by atoms with E-state index < -0.39 is 5.03 Å². The van der Waals surface area contributed by atoms with E-state index >= 15 is 0 Å². The molecule has 9 heavy (non-hydrogen) atoms. The summed E-state index contributed by atoms with van der Waals surface area (Å²) in [5.74, 6) is 0. The Morgan fingerprint density at radius 1 is 1.89 bits per heavy atom. The highest BCUT2D eigenvalue weighted by Gasteiger charge is 2.05. The summed E-state index contributed by atoms with van der Waals surface area (Å²) in [6.07, 6.45) is 0.